The number of carboxylic acid groups (broad SMARTS) is 1. The summed E-state index contributed by atoms with van der Waals surface area (Å²) in [5, 5.41) is 9.16. The Morgan fingerprint density at radius 2 is 2.22 bits per heavy atom. The molecule has 0 fully saturated rings. The predicted molar refractivity (Wildman–Crippen MR) is 72.5 cm³/mol. The molecular weight excluding hydrogens is 250 g/mol. The van der Waals surface area contributed by atoms with E-state index in [-0.39, 0.29) is 5.91 Å². The molecule has 0 spiro atoms. The zero-order valence-electron chi connectivity index (χ0n) is 10.2. The third-order valence-corrected chi connectivity index (χ3v) is 3.59. The zero-order chi connectivity index (χ0) is 13.1. The van der Waals surface area contributed by atoms with Gasteiger partial charge in [0.2, 0.25) is 5.91 Å². The van der Waals surface area contributed by atoms with Crippen LogP contribution in [0.4, 0.5) is 5.69 Å². The Morgan fingerprint density at radius 3 is 2.89 bits per heavy atom. The second kappa shape index (κ2) is 5.44. The second-order valence-corrected chi connectivity index (χ2v) is 5.06. The maximum atomic E-state index is 12.0. The van der Waals surface area contributed by atoms with Crippen LogP contribution in [-0.4, -0.2) is 35.5 Å². The molecule has 2 rings (SSSR count). The molecule has 1 aromatic rings. The Bertz CT molecular complexity index is 487. The molecule has 0 aromatic heterocycles. The minimum absolute atomic E-state index is 0.0472. The first-order chi connectivity index (χ1) is 8.65. The molecule has 18 heavy (non-hydrogen) atoms. The standard InChI is InChI=1S/C13H15NO3S/c1-18-8-12(15)14-7-3-5-9-10(13(16)17)4-2-6-11(9)14/h2,4,6H,3,5,7-8H2,1H3,(H,16,17). The lowest BCUT2D eigenvalue weighted by Crippen LogP contribution is -2.37. The van der Waals surface area contributed by atoms with Gasteiger partial charge in [-0.15, -0.1) is 0 Å². The molecule has 0 atom stereocenters. The molecule has 1 aromatic carbocycles. The van der Waals surface area contributed by atoms with Crippen molar-refractivity contribution in [1.29, 1.82) is 0 Å². The molecule has 1 heterocycles. The van der Waals surface area contributed by atoms with Gasteiger partial charge in [-0.2, -0.15) is 11.8 Å². The van der Waals surface area contributed by atoms with E-state index in [1.165, 1.54) is 11.8 Å². The van der Waals surface area contributed by atoms with Crippen LogP contribution < -0.4 is 4.90 Å². The van der Waals surface area contributed by atoms with Crippen molar-refractivity contribution in [2.24, 2.45) is 0 Å². The van der Waals surface area contributed by atoms with Crippen LogP contribution in [0, 0.1) is 0 Å². The number of nitrogens with zero attached hydrogens (tertiary/aromatic N) is 1. The van der Waals surface area contributed by atoms with Crippen molar-refractivity contribution in [3.05, 3.63) is 29.3 Å². The average molecular weight is 265 g/mol. The van der Waals surface area contributed by atoms with Crippen molar-refractivity contribution in [2.45, 2.75) is 12.8 Å². The predicted octanol–water partition coefficient (Wildman–Crippen LogP) is 2.03. The normalized spacial score (nSPS) is 14.2. The third kappa shape index (κ3) is 2.36. The number of carboxylic acids is 1. The topological polar surface area (TPSA) is 57.6 Å². The monoisotopic (exact) mass is 265 g/mol. The fourth-order valence-corrected chi connectivity index (χ4v) is 2.69. The van der Waals surface area contributed by atoms with E-state index in [1.807, 2.05) is 12.3 Å². The first kappa shape index (κ1) is 13.0. The summed E-state index contributed by atoms with van der Waals surface area (Å²) in [4.78, 5) is 24.9. The number of carbonyl (C=O) groups is 2. The van der Waals surface area contributed by atoms with Gasteiger partial charge in [0.05, 0.1) is 11.3 Å². The van der Waals surface area contributed by atoms with E-state index in [1.54, 1.807) is 17.0 Å². The van der Waals surface area contributed by atoms with E-state index >= 15 is 0 Å². The number of hydrogen-bond donors (Lipinski definition) is 1. The van der Waals surface area contributed by atoms with Crippen molar-refractivity contribution in [2.75, 3.05) is 23.5 Å². The van der Waals surface area contributed by atoms with Crippen LogP contribution >= 0.6 is 11.8 Å². The van der Waals surface area contributed by atoms with Gasteiger partial charge in [-0.25, -0.2) is 4.79 Å². The van der Waals surface area contributed by atoms with Gasteiger partial charge in [-0.3, -0.25) is 4.79 Å². The molecule has 0 unspecified atom stereocenters. The fraction of sp³-hybridized carbons (Fsp3) is 0.385. The molecular formula is C13H15NO3S. The highest BCUT2D eigenvalue weighted by Crippen LogP contribution is 2.30. The number of carbonyl (C=O) groups excluding carboxylic acids is 1. The van der Waals surface area contributed by atoms with Crippen LogP contribution in [0.2, 0.25) is 0 Å². The number of amides is 1. The molecule has 0 saturated heterocycles. The molecule has 5 heteroatoms. The molecule has 1 aliphatic heterocycles. The molecule has 0 saturated carbocycles. The SMILES string of the molecule is CSCC(=O)N1CCCc2c(C(=O)O)cccc21. The van der Waals surface area contributed by atoms with Gasteiger partial charge in [-0.1, -0.05) is 6.07 Å². The highest BCUT2D eigenvalue weighted by atomic mass is 32.2. The van der Waals surface area contributed by atoms with Gasteiger partial charge in [0.1, 0.15) is 0 Å². The maximum absolute atomic E-state index is 12.0. The third-order valence-electron chi connectivity index (χ3n) is 3.05. The van der Waals surface area contributed by atoms with Crippen LogP contribution in [0.5, 0.6) is 0 Å². The Labute approximate surface area is 110 Å². The van der Waals surface area contributed by atoms with Crippen molar-refractivity contribution < 1.29 is 14.7 Å². The zero-order valence-corrected chi connectivity index (χ0v) is 11.0. The van der Waals surface area contributed by atoms with E-state index in [0.29, 0.717) is 17.9 Å². The number of thioether (sulfide) groups is 1. The number of benzene rings is 1. The Kier molecular flexibility index (Phi) is 3.91. The Hall–Kier alpha value is -1.49. The summed E-state index contributed by atoms with van der Waals surface area (Å²) in [6.45, 7) is 0.676. The summed E-state index contributed by atoms with van der Waals surface area (Å²) < 4.78 is 0. The maximum Gasteiger partial charge on any atom is 0.336 e. The molecule has 0 aliphatic carbocycles. The van der Waals surface area contributed by atoms with Crippen molar-refractivity contribution >= 4 is 29.3 Å². The van der Waals surface area contributed by atoms with Gasteiger partial charge in [-0.05, 0) is 36.8 Å². The first-order valence-corrected chi connectivity index (χ1v) is 7.19. The number of hydrogen-bond acceptors (Lipinski definition) is 3. The number of anilines is 1. The average Bonchev–Trinajstić information content (AvgIpc) is 2.37. The minimum Gasteiger partial charge on any atom is -0.478 e. The largest absolute Gasteiger partial charge is 0.478 e. The Morgan fingerprint density at radius 1 is 1.44 bits per heavy atom. The first-order valence-electron chi connectivity index (χ1n) is 5.79. The fourth-order valence-electron chi connectivity index (χ4n) is 2.29. The highest BCUT2D eigenvalue weighted by Gasteiger charge is 2.25. The van der Waals surface area contributed by atoms with Crippen molar-refractivity contribution in [1.82, 2.24) is 0 Å². The molecule has 96 valence electrons. The number of rotatable bonds is 3. The summed E-state index contributed by atoms with van der Waals surface area (Å²) >= 11 is 1.48. The highest BCUT2D eigenvalue weighted by molar-refractivity contribution is 7.99. The van der Waals surface area contributed by atoms with E-state index in [2.05, 4.69) is 0 Å². The molecule has 1 aliphatic rings. The van der Waals surface area contributed by atoms with E-state index in [4.69, 9.17) is 5.11 Å². The van der Waals surface area contributed by atoms with Crippen molar-refractivity contribution in [3.63, 3.8) is 0 Å². The summed E-state index contributed by atoms with van der Waals surface area (Å²) in [6, 6.07) is 5.13. The molecule has 0 bridgehead atoms. The smallest absolute Gasteiger partial charge is 0.336 e. The summed E-state index contributed by atoms with van der Waals surface area (Å²) in [5.41, 5.74) is 1.86. The minimum atomic E-state index is -0.925. The summed E-state index contributed by atoms with van der Waals surface area (Å²) in [6.07, 6.45) is 3.43. The molecule has 0 radical (unpaired) electrons. The lowest BCUT2D eigenvalue weighted by atomic mass is 9.96. The molecule has 1 N–H and O–H groups in total. The summed E-state index contributed by atoms with van der Waals surface area (Å²) in [7, 11) is 0. The van der Waals surface area contributed by atoms with Gasteiger partial charge in [0, 0.05) is 12.2 Å². The van der Waals surface area contributed by atoms with E-state index in [9.17, 15) is 9.59 Å². The number of aromatic carboxylic acids is 1. The van der Waals surface area contributed by atoms with Gasteiger partial charge < -0.3 is 10.0 Å². The van der Waals surface area contributed by atoms with Crippen LogP contribution in [0.15, 0.2) is 18.2 Å². The molecule has 4 nitrogen and oxygen atoms in total. The van der Waals surface area contributed by atoms with Crippen LogP contribution in [0.1, 0.15) is 22.3 Å². The quantitative estimate of drug-likeness (QED) is 0.908. The van der Waals surface area contributed by atoms with Gasteiger partial charge >= 0.3 is 5.97 Å². The van der Waals surface area contributed by atoms with Crippen LogP contribution in [0.25, 0.3) is 0 Å². The Balaban J connectivity index is 2.41. The van der Waals surface area contributed by atoms with Gasteiger partial charge in [0.15, 0.2) is 0 Å². The second-order valence-electron chi connectivity index (χ2n) is 4.19. The van der Waals surface area contributed by atoms with E-state index in [0.717, 1.165) is 24.1 Å². The lowest BCUT2D eigenvalue weighted by molar-refractivity contribution is -0.116. The number of fused-ring (bicyclic) bond motifs is 1. The summed E-state index contributed by atoms with van der Waals surface area (Å²) in [5.74, 6) is -0.450. The van der Waals surface area contributed by atoms with Gasteiger partial charge in [0.25, 0.3) is 0 Å². The lowest BCUT2D eigenvalue weighted by Gasteiger charge is -2.30. The van der Waals surface area contributed by atoms with Crippen LogP contribution in [-0.2, 0) is 11.2 Å². The van der Waals surface area contributed by atoms with Crippen LogP contribution in [0.3, 0.4) is 0 Å². The van der Waals surface area contributed by atoms with E-state index < -0.39 is 5.97 Å². The molecule has 1 amide bonds. The van der Waals surface area contributed by atoms with Crippen molar-refractivity contribution in [3.8, 4) is 0 Å².